The molecule has 1 fully saturated rings. The Morgan fingerprint density at radius 1 is 1.05 bits per heavy atom. The summed E-state index contributed by atoms with van der Waals surface area (Å²) in [7, 11) is 0. The second-order valence-corrected chi connectivity index (χ2v) is 5.19. The van der Waals surface area contributed by atoms with Crippen LogP contribution in [0.4, 0.5) is 0 Å². The largest absolute Gasteiger partial charge is 0.457 e. The molecule has 0 aliphatic heterocycles. The zero-order valence-electron chi connectivity index (χ0n) is 10.6. The maximum atomic E-state index is 6.28. The van der Waals surface area contributed by atoms with Gasteiger partial charge < -0.3 is 10.1 Å². The molecule has 0 aromatic heterocycles. The van der Waals surface area contributed by atoms with Crippen LogP contribution in [0.3, 0.4) is 0 Å². The topological polar surface area (TPSA) is 21.3 Å². The van der Waals surface area contributed by atoms with E-state index in [0.717, 1.165) is 28.6 Å². The lowest BCUT2D eigenvalue weighted by molar-refractivity contribution is 0.472. The van der Waals surface area contributed by atoms with Crippen molar-refractivity contribution in [2.24, 2.45) is 0 Å². The van der Waals surface area contributed by atoms with Gasteiger partial charge in [0, 0.05) is 23.2 Å². The summed E-state index contributed by atoms with van der Waals surface area (Å²) in [6, 6.07) is 16.2. The van der Waals surface area contributed by atoms with Gasteiger partial charge in [-0.3, -0.25) is 0 Å². The minimum atomic E-state index is 0.654. The van der Waals surface area contributed by atoms with Crippen LogP contribution in [0.15, 0.2) is 48.5 Å². The highest BCUT2D eigenvalue weighted by molar-refractivity contribution is 6.31. The third-order valence-electron chi connectivity index (χ3n) is 3.19. The molecule has 0 saturated heterocycles. The van der Waals surface area contributed by atoms with Gasteiger partial charge in [0.25, 0.3) is 0 Å². The van der Waals surface area contributed by atoms with Gasteiger partial charge >= 0.3 is 0 Å². The Bertz CT molecular complexity index is 552. The van der Waals surface area contributed by atoms with Crippen LogP contribution < -0.4 is 10.1 Å². The van der Waals surface area contributed by atoms with Crippen molar-refractivity contribution in [2.75, 3.05) is 0 Å². The summed E-state index contributed by atoms with van der Waals surface area (Å²) in [5.74, 6) is 1.66. The number of halogens is 1. The molecule has 2 nitrogen and oxygen atoms in total. The molecule has 2 aromatic carbocycles. The molecule has 0 bridgehead atoms. The standard InChI is InChI=1S/C16H16ClNO/c17-15-7-4-8-16(14(15)11-18-12-9-10-12)19-13-5-2-1-3-6-13/h1-8,12,18H,9-11H2. The molecular formula is C16H16ClNO. The highest BCUT2D eigenvalue weighted by Gasteiger charge is 2.21. The Morgan fingerprint density at radius 2 is 1.84 bits per heavy atom. The summed E-state index contributed by atoms with van der Waals surface area (Å²) in [4.78, 5) is 0. The van der Waals surface area contributed by atoms with Crippen molar-refractivity contribution < 1.29 is 4.74 Å². The maximum Gasteiger partial charge on any atom is 0.133 e. The van der Waals surface area contributed by atoms with Crippen LogP contribution in [0, 0.1) is 0 Å². The Balaban J connectivity index is 1.80. The molecule has 0 atom stereocenters. The second-order valence-electron chi connectivity index (χ2n) is 4.79. The molecule has 0 amide bonds. The molecule has 3 rings (SSSR count). The van der Waals surface area contributed by atoms with E-state index < -0.39 is 0 Å². The fraction of sp³-hybridized carbons (Fsp3) is 0.250. The smallest absolute Gasteiger partial charge is 0.133 e. The molecule has 1 aliphatic rings. The lowest BCUT2D eigenvalue weighted by Gasteiger charge is -2.13. The lowest BCUT2D eigenvalue weighted by Crippen LogP contribution is -2.16. The lowest BCUT2D eigenvalue weighted by atomic mass is 10.2. The van der Waals surface area contributed by atoms with Gasteiger partial charge in [-0.15, -0.1) is 0 Å². The number of hydrogen-bond acceptors (Lipinski definition) is 2. The summed E-state index contributed by atoms with van der Waals surface area (Å²) in [5, 5.41) is 4.23. The maximum absolute atomic E-state index is 6.28. The van der Waals surface area contributed by atoms with Crippen molar-refractivity contribution >= 4 is 11.6 Å². The van der Waals surface area contributed by atoms with Crippen molar-refractivity contribution in [3.8, 4) is 11.5 Å². The predicted molar refractivity (Wildman–Crippen MR) is 77.8 cm³/mol. The molecule has 98 valence electrons. The zero-order chi connectivity index (χ0) is 13.1. The van der Waals surface area contributed by atoms with Gasteiger partial charge in [-0.05, 0) is 37.1 Å². The molecule has 0 radical (unpaired) electrons. The number of para-hydroxylation sites is 1. The number of nitrogens with one attached hydrogen (secondary N) is 1. The first kappa shape index (κ1) is 12.5. The molecule has 0 heterocycles. The highest BCUT2D eigenvalue weighted by Crippen LogP contribution is 2.31. The zero-order valence-corrected chi connectivity index (χ0v) is 11.4. The molecule has 2 aromatic rings. The highest BCUT2D eigenvalue weighted by atomic mass is 35.5. The van der Waals surface area contributed by atoms with Gasteiger partial charge in [0.2, 0.25) is 0 Å². The molecule has 1 N–H and O–H groups in total. The van der Waals surface area contributed by atoms with E-state index in [9.17, 15) is 0 Å². The minimum absolute atomic E-state index is 0.654. The monoisotopic (exact) mass is 273 g/mol. The van der Waals surface area contributed by atoms with Gasteiger partial charge in [0.15, 0.2) is 0 Å². The number of hydrogen-bond donors (Lipinski definition) is 1. The third-order valence-corrected chi connectivity index (χ3v) is 3.55. The van der Waals surface area contributed by atoms with Crippen LogP contribution in [0.1, 0.15) is 18.4 Å². The van der Waals surface area contributed by atoms with Gasteiger partial charge in [-0.2, -0.15) is 0 Å². The van der Waals surface area contributed by atoms with Crippen molar-refractivity contribution in [3.05, 3.63) is 59.1 Å². The van der Waals surface area contributed by atoms with E-state index in [1.54, 1.807) is 0 Å². The fourth-order valence-electron chi connectivity index (χ4n) is 1.96. The van der Waals surface area contributed by atoms with E-state index in [1.165, 1.54) is 12.8 Å². The average molecular weight is 274 g/mol. The predicted octanol–water partition coefficient (Wildman–Crippen LogP) is 4.38. The summed E-state index contributed by atoms with van der Waals surface area (Å²) >= 11 is 6.28. The molecule has 0 spiro atoms. The normalized spacial score (nSPS) is 14.4. The fourth-order valence-corrected chi connectivity index (χ4v) is 2.19. The van der Waals surface area contributed by atoms with Crippen LogP contribution in [-0.4, -0.2) is 6.04 Å². The summed E-state index contributed by atoms with van der Waals surface area (Å²) in [5.41, 5.74) is 1.03. The molecular weight excluding hydrogens is 258 g/mol. The Kier molecular flexibility index (Phi) is 3.72. The van der Waals surface area contributed by atoms with Crippen molar-refractivity contribution in [2.45, 2.75) is 25.4 Å². The number of rotatable bonds is 5. The van der Waals surface area contributed by atoms with Crippen LogP contribution >= 0.6 is 11.6 Å². The molecule has 19 heavy (non-hydrogen) atoms. The van der Waals surface area contributed by atoms with Crippen LogP contribution in [-0.2, 0) is 6.54 Å². The van der Waals surface area contributed by atoms with E-state index in [-0.39, 0.29) is 0 Å². The number of ether oxygens (including phenoxy) is 1. The van der Waals surface area contributed by atoms with E-state index >= 15 is 0 Å². The van der Waals surface area contributed by atoms with Crippen molar-refractivity contribution in [3.63, 3.8) is 0 Å². The first-order chi connectivity index (χ1) is 9.33. The van der Waals surface area contributed by atoms with E-state index in [2.05, 4.69) is 5.32 Å². The van der Waals surface area contributed by atoms with Crippen LogP contribution in [0.5, 0.6) is 11.5 Å². The third kappa shape index (κ3) is 3.28. The van der Waals surface area contributed by atoms with Gasteiger partial charge in [0.1, 0.15) is 11.5 Å². The molecule has 0 unspecified atom stereocenters. The average Bonchev–Trinajstić information content (AvgIpc) is 3.23. The number of benzene rings is 2. The van der Waals surface area contributed by atoms with E-state index in [4.69, 9.17) is 16.3 Å². The van der Waals surface area contributed by atoms with Gasteiger partial charge in [0.05, 0.1) is 0 Å². The van der Waals surface area contributed by atoms with Crippen LogP contribution in [0.25, 0.3) is 0 Å². The first-order valence-electron chi connectivity index (χ1n) is 6.56. The Morgan fingerprint density at radius 3 is 2.58 bits per heavy atom. The summed E-state index contributed by atoms with van der Waals surface area (Å²) in [6.07, 6.45) is 2.53. The van der Waals surface area contributed by atoms with Crippen LogP contribution in [0.2, 0.25) is 5.02 Å². The molecule has 1 saturated carbocycles. The summed E-state index contributed by atoms with van der Waals surface area (Å²) < 4.78 is 5.92. The Hall–Kier alpha value is -1.51. The second kappa shape index (κ2) is 5.64. The van der Waals surface area contributed by atoms with E-state index in [0.29, 0.717) is 6.04 Å². The summed E-state index contributed by atoms with van der Waals surface area (Å²) in [6.45, 7) is 0.756. The van der Waals surface area contributed by atoms with Crippen molar-refractivity contribution in [1.82, 2.24) is 5.32 Å². The van der Waals surface area contributed by atoms with Crippen molar-refractivity contribution in [1.29, 1.82) is 0 Å². The Labute approximate surface area is 118 Å². The molecule has 1 aliphatic carbocycles. The quantitative estimate of drug-likeness (QED) is 0.873. The first-order valence-corrected chi connectivity index (χ1v) is 6.94. The SMILES string of the molecule is Clc1cccc(Oc2ccccc2)c1CNC1CC1. The van der Waals surface area contributed by atoms with Gasteiger partial charge in [-0.1, -0.05) is 35.9 Å². The minimum Gasteiger partial charge on any atom is -0.457 e. The van der Waals surface area contributed by atoms with E-state index in [1.807, 2.05) is 48.5 Å². The molecule has 3 heteroatoms. The van der Waals surface area contributed by atoms with Gasteiger partial charge in [-0.25, -0.2) is 0 Å².